The number of hydrogen-bond acceptors (Lipinski definition) is 2. The molecule has 2 aliphatic rings. The van der Waals surface area contributed by atoms with Crippen molar-refractivity contribution in [2.24, 2.45) is 16.8 Å². The average molecular weight is 328 g/mol. The Morgan fingerprint density at radius 3 is 2.71 bits per heavy atom. The van der Waals surface area contributed by atoms with E-state index in [1.807, 2.05) is 18.2 Å². The van der Waals surface area contributed by atoms with Crippen LogP contribution >= 0.6 is 0 Å². The smallest absolute Gasteiger partial charge is 0.227 e. The van der Waals surface area contributed by atoms with Gasteiger partial charge < -0.3 is 16.0 Å². The Bertz CT molecular complexity index is 607. The van der Waals surface area contributed by atoms with Crippen molar-refractivity contribution >= 4 is 17.6 Å². The summed E-state index contributed by atoms with van der Waals surface area (Å²) in [6.45, 7) is 2.93. The fourth-order valence-corrected chi connectivity index (χ4v) is 3.27. The van der Waals surface area contributed by atoms with Gasteiger partial charge in [0, 0.05) is 31.2 Å². The van der Waals surface area contributed by atoms with Crippen LogP contribution in [0.4, 0.5) is 5.69 Å². The molecule has 3 N–H and O–H groups in total. The molecule has 1 aromatic rings. The summed E-state index contributed by atoms with van der Waals surface area (Å²) in [5, 5.41) is 9.81. The second-order valence-corrected chi connectivity index (χ2v) is 7.06. The van der Waals surface area contributed by atoms with Gasteiger partial charge >= 0.3 is 0 Å². The highest BCUT2D eigenvalue weighted by Gasteiger charge is 2.33. The first kappa shape index (κ1) is 16.8. The Morgan fingerprint density at radius 1 is 1.29 bits per heavy atom. The quantitative estimate of drug-likeness (QED) is 0.575. The van der Waals surface area contributed by atoms with E-state index in [1.54, 1.807) is 7.05 Å². The Kier molecular flexibility index (Phi) is 5.38. The molecule has 0 bridgehead atoms. The SMILES string of the molecule is CN=C(NCc1cccc(NC(=O)C2CCCC2)c1)NC1CC1C. The summed E-state index contributed by atoms with van der Waals surface area (Å²) in [4.78, 5) is 16.5. The van der Waals surface area contributed by atoms with Gasteiger partial charge in [-0.3, -0.25) is 9.79 Å². The summed E-state index contributed by atoms with van der Waals surface area (Å²) in [7, 11) is 1.79. The number of aliphatic imine (C=N–C) groups is 1. The number of rotatable bonds is 5. The molecule has 3 rings (SSSR count). The van der Waals surface area contributed by atoms with E-state index < -0.39 is 0 Å². The predicted molar refractivity (Wildman–Crippen MR) is 97.9 cm³/mol. The third-order valence-electron chi connectivity index (χ3n) is 5.04. The molecule has 1 amide bonds. The van der Waals surface area contributed by atoms with Crippen molar-refractivity contribution < 1.29 is 4.79 Å². The Labute approximate surface area is 144 Å². The van der Waals surface area contributed by atoms with E-state index in [1.165, 1.54) is 19.3 Å². The molecular weight excluding hydrogens is 300 g/mol. The molecule has 2 saturated carbocycles. The molecule has 24 heavy (non-hydrogen) atoms. The standard InChI is InChI=1S/C19H28N4O/c1-13-10-17(13)23-19(20-2)21-12-14-6-5-9-16(11-14)22-18(24)15-7-3-4-8-15/h5-6,9,11,13,15,17H,3-4,7-8,10,12H2,1-2H3,(H,22,24)(H2,20,21,23). The summed E-state index contributed by atoms with van der Waals surface area (Å²) in [5.74, 6) is 1.93. The number of carbonyl (C=O) groups excluding carboxylic acids is 1. The number of nitrogens with zero attached hydrogens (tertiary/aromatic N) is 1. The zero-order valence-electron chi connectivity index (χ0n) is 14.6. The molecule has 0 aliphatic heterocycles. The lowest BCUT2D eigenvalue weighted by Crippen LogP contribution is -2.38. The van der Waals surface area contributed by atoms with Crippen molar-refractivity contribution in [3.63, 3.8) is 0 Å². The van der Waals surface area contributed by atoms with Crippen LogP contribution in [-0.2, 0) is 11.3 Å². The van der Waals surface area contributed by atoms with Gasteiger partial charge in [0.15, 0.2) is 5.96 Å². The fourth-order valence-electron chi connectivity index (χ4n) is 3.27. The summed E-state index contributed by atoms with van der Waals surface area (Å²) in [6.07, 6.45) is 5.61. The first-order chi connectivity index (χ1) is 11.7. The summed E-state index contributed by atoms with van der Waals surface area (Å²) in [6, 6.07) is 8.58. The van der Waals surface area contributed by atoms with E-state index in [9.17, 15) is 4.79 Å². The fraction of sp³-hybridized carbons (Fsp3) is 0.579. The first-order valence-corrected chi connectivity index (χ1v) is 9.02. The van der Waals surface area contributed by atoms with E-state index in [-0.39, 0.29) is 11.8 Å². The lowest BCUT2D eigenvalue weighted by molar-refractivity contribution is -0.119. The molecule has 130 valence electrons. The monoisotopic (exact) mass is 328 g/mol. The first-order valence-electron chi connectivity index (χ1n) is 9.02. The lowest BCUT2D eigenvalue weighted by atomic mass is 10.1. The van der Waals surface area contributed by atoms with Crippen LogP contribution in [0.1, 0.15) is 44.6 Å². The molecule has 0 heterocycles. The van der Waals surface area contributed by atoms with Crippen LogP contribution in [-0.4, -0.2) is 25.0 Å². The largest absolute Gasteiger partial charge is 0.353 e. The third-order valence-corrected chi connectivity index (χ3v) is 5.04. The molecule has 2 aliphatic carbocycles. The van der Waals surface area contributed by atoms with Crippen LogP contribution in [0, 0.1) is 11.8 Å². The van der Waals surface area contributed by atoms with Crippen LogP contribution in [0.25, 0.3) is 0 Å². The van der Waals surface area contributed by atoms with E-state index >= 15 is 0 Å². The van der Waals surface area contributed by atoms with Crippen LogP contribution in [0.2, 0.25) is 0 Å². The molecule has 0 radical (unpaired) electrons. The van der Waals surface area contributed by atoms with Crippen molar-refractivity contribution in [1.29, 1.82) is 0 Å². The van der Waals surface area contributed by atoms with Crippen molar-refractivity contribution in [1.82, 2.24) is 10.6 Å². The van der Waals surface area contributed by atoms with E-state index in [4.69, 9.17) is 0 Å². The van der Waals surface area contributed by atoms with Gasteiger partial charge in [-0.15, -0.1) is 0 Å². The molecule has 0 spiro atoms. The number of benzene rings is 1. The number of nitrogens with one attached hydrogen (secondary N) is 3. The molecule has 2 atom stereocenters. The van der Waals surface area contributed by atoms with Crippen LogP contribution < -0.4 is 16.0 Å². The summed E-state index contributed by atoms with van der Waals surface area (Å²) in [5.41, 5.74) is 2.01. The van der Waals surface area contributed by atoms with Gasteiger partial charge in [0.05, 0.1) is 0 Å². The second-order valence-electron chi connectivity index (χ2n) is 7.06. The van der Waals surface area contributed by atoms with Crippen LogP contribution in [0.3, 0.4) is 0 Å². The summed E-state index contributed by atoms with van der Waals surface area (Å²) >= 11 is 0. The van der Waals surface area contributed by atoms with Crippen molar-refractivity contribution in [3.05, 3.63) is 29.8 Å². The number of amides is 1. The molecule has 1 aromatic carbocycles. The number of guanidine groups is 1. The maximum Gasteiger partial charge on any atom is 0.227 e. The van der Waals surface area contributed by atoms with Crippen molar-refractivity contribution in [2.75, 3.05) is 12.4 Å². The zero-order valence-corrected chi connectivity index (χ0v) is 14.6. The molecule has 0 aromatic heterocycles. The Hall–Kier alpha value is -2.04. The minimum atomic E-state index is 0.165. The van der Waals surface area contributed by atoms with Gasteiger partial charge in [0.1, 0.15) is 0 Å². The van der Waals surface area contributed by atoms with Gasteiger partial charge in [0.2, 0.25) is 5.91 Å². The molecule has 5 heteroatoms. The minimum Gasteiger partial charge on any atom is -0.353 e. The number of hydrogen-bond donors (Lipinski definition) is 3. The molecule has 2 unspecified atom stereocenters. The molecule has 0 saturated heterocycles. The van der Waals surface area contributed by atoms with Gasteiger partial charge in [-0.25, -0.2) is 0 Å². The Morgan fingerprint density at radius 2 is 2.04 bits per heavy atom. The van der Waals surface area contributed by atoms with E-state index in [0.29, 0.717) is 12.6 Å². The topological polar surface area (TPSA) is 65.5 Å². The minimum absolute atomic E-state index is 0.165. The van der Waals surface area contributed by atoms with E-state index in [2.05, 4.69) is 33.9 Å². The highest BCUT2D eigenvalue weighted by atomic mass is 16.1. The molecular formula is C19H28N4O. The highest BCUT2D eigenvalue weighted by molar-refractivity contribution is 5.92. The third kappa shape index (κ3) is 4.49. The molecule has 2 fully saturated rings. The van der Waals surface area contributed by atoms with E-state index in [0.717, 1.165) is 36.0 Å². The number of carbonyl (C=O) groups is 1. The van der Waals surface area contributed by atoms with Gasteiger partial charge in [-0.2, -0.15) is 0 Å². The highest BCUT2D eigenvalue weighted by Crippen LogP contribution is 2.28. The van der Waals surface area contributed by atoms with Gasteiger partial charge in [0.25, 0.3) is 0 Å². The molecule has 5 nitrogen and oxygen atoms in total. The Balaban J connectivity index is 1.51. The van der Waals surface area contributed by atoms with Crippen molar-refractivity contribution in [2.45, 2.75) is 51.6 Å². The van der Waals surface area contributed by atoms with Crippen molar-refractivity contribution in [3.8, 4) is 0 Å². The second kappa shape index (κ2) is 7.69. The zero-order chi connectivity index (χ0) is 16.9. The van der Waals surface area contributed by atoms with Crippen LogP contribution in [0.15, 0.2) is 29.3 Å². The van der Waals surface area contributed by atoms with Gasteiger partial charge in [-0.1, -0.05) is 31.9 Å². The maximum absolute atomic E-state index is 12.2. The number of anilines is 1. The maximum atomic E-state index is 12.2. The summed E-state index contributed by atoms with van der Waals surface area (Å²) < 4.78 is 0. The predicted octanol–water partition coefficient (Wildman–Crippen LogP) is 2.89. The normalized spacial score (nSPS) is 23.8. The van der Waals surface area contributed by atoms with Crippen LogP contribution in [0.5, 0.6) is 0 Å². The lowest BCUT2D eigenvalue weighted by Gasteiger charge is -2.13. The van der Waals surface area contributed by atoms with Gasteiger partial charge in [-0.05, 0) is 42.9 Å². The average Bonchev–Trinajstić information content (AvgIpc) is 3.04.